The maximum absolute atomic E-state index is 10.9. The standard InChI is InChI=1S/C21H44N2O4S/c1-4-5-6-7-8-9-10-11-12-13-14-15-16-17-18-23(2,3)19-21(22-24)20-28(25,26)27/h21H,4-20H2,1-3H3/p+1. The molecule has 28 heavy (non-hydrogen) atoms. The third-order valence-corrected chi connectivity index (χ3v) is 6.18. The zero-order valence-electron chi connectivity index (χ0n) is 18.6. The fourth-order valence-electron chi connectivity index (χ4n) is 3.76. The largest absolute Gasteiger partial charge is 0.327 e. The van der Waals surface area contributed by atoms with Gasteiger partial charge in [0.1, 0.15) is 12.3 Å². The first-order valence-corrected chi connectivity index (χ1v) is 12.9. The predicted octanol–water partition coefficient (Wildman–Crippen LogP) is 5.57. The lowest BCUT2D eigenvalue weighted by Crippen LogP contribution is -2.47. The third-order valence-electron chi connectivity index (χ3n) is 5.37. The highest BCUT2D eigenvalue weighted by atomic mass is 32.2. The minimum Gasteiger partial charge on any atom is -0.327 e. The van der Waals surface area contributed by atoms with E-state index in [-0.39, 0.29) is 0 Å². The van der Waals surface area contributed by atoms with Crippen molar-refractivity contribution in [2.75, 3.05) is 32.9 Å². The minimum atomic E-state index is -4.16. The molecule has 0 amide bonds. The Morgan fingerprint density at radius 1 is 0.786 bits per heavy atom. The van der Waals surface area contributed by atoms with Crippen molar-refractivity contribution < 1.29 is 17.5 Å². The van der Waals surface area contributed by atoms with Gasteiger partial charge >= 0.3 is 0 Å². The first-order valence-electron chi connectivity index (χ1n) is 11.3. The number of hydrogen-bond donors (Lipinski definition) is 1. The Balaban J connectivity index is 3.59. The number of hydrogen-bond acceptors (Lipinski definition) is 4. The fourth-order valence-corrected chi connectivity index (χ4v) is 4.41. The average Bonchev–Trinajstić information content (AvgIpc) is 2.60. The normalized spacial score (nSPS) is 13.6. The van der Waals surface area contributed by atoms with E-state index in [0.29, 0.717) is 11.0 Å². The van der Waals surface area contributed by atoms with Gasteiger partial charge in [-0.05, 0) is 12.8 Å². The van der Waals surface area contributed by atoms with Crippen molar-refractivity contribution in [2.45, 2.75) is 103 Å². The van der Waals surface area contributed by atoms with Crippen LogP contribution in [-0.2, 0) is 10.1 Å². The summed E-state index contributed by atoms with van der Waals surface area (Å²) in [5, 5.41) is 2.87. The maximum Gasteiger partial charge on any atom is 0.267 e. The smallest absolute Gasteiger partial charge is 0.267 e. The summed E-state index contributed by atoms with van der Waals surface area (Å²) in [6.07, 6.45) is 18.5. The van der Waals surface area contributed by atoms with Gasteiger partial charge in [0.25, 0.3) is 10.1 Å². The van der Waals surface area contributed by atoms with Gasteiger partial charge in [0.15, 0.2) is 6.04 Å². The van der Waals surface area contributed by atoms with Crippen LogP contribution >= 0.6 is 0 Å². The summed E-state index contributed by atoms with van der Waals surface area (Å²) in [5.41, 5.74) is 0. The topological polar surface area (TPSA) is 83.8 Å². The molecule has 0 bridgehead atoms. The van der Waals surface area contributed by atoms with Crippen LogP contribution in [0.5, 0.6) is 0 Å². The molecule has 168 valence electrons. The Hall–Kier alpha value is -0.530. The van der Waals surface area contributed by atoms with E-state index in [2.05, 4.69) is 12.1 Å². The van der Waals surface area contributed by atoms with E-state index in [0.717, 1.165) is 19.4 Å². The van der Waals surface area contributed by atoms with Crippen LogP contribution in [-0.4, -0.2) is 56.4 Å². The zero-order valence-corrected chi connectivity index (χ0v) is 19.4. The molecule has 1 atom stereocenters. The molecule has 0 aliphatic heterocycles. The van der Waals surface area contributed by atoms with Crippen molar-refractivity contribution in [3.8, 4) is 0 Å². The van der Waals surface area contributed by atoms with Gasteiger partial charge in [0, 0.05) is 0 Å². The first kappa shape index (κ1) is 27.5. The Labute approximate surface area is 173 Å². The van der Waals surface area contributed by atoms with Gasteiger partial charge in [0.05, 0.1) is 20.6 Å². The molecule has 0 spiro atoms. The average molecular weight is 422 g/mol. The van der Waals surface area contributed by atoms with Gasteiger partial charge in [-0.15, -0.1) is 0 Å². The first-order chi connectivity index (χ1) is 13.2. The molecule has 0 aliphatic carbocycles. The van der Waals surface area contributed by atoms with Crippen molar-refractivity contribution in [1.82, 2.24) is 0 Å². The van der Waals surface area contributed by atoms with Crippen LogP contribution in [0.2, 0.25) is 0 Å². The SMILES string of the molecule is CCCCCCCCCCCCCCCC[N+](C)(C)CC(CS(=O)(=O)O)N=O. The van der Waals surface area contributed by atoms with Crippen LogP contribution in [0.4, 0.5) is 0 Å². The van der Waals surface area contributed by atoms with Crippen molar-refractivity contribution in [1.29, 1.82) is 0 Å². The van der Waals surface area contributed by atoms with Crippen LogP contribution < -0.4 is 0 Å². The maximum atomic E-state index is 10.9. The summed E-state index contributed by atoms with van der Waals surface area (Å²) in [6.45, 7) is 3.48. The van der Waals surface area contributed by atoms with E-state index in [1.807, 2.05) is 14.1 Å². The van der Waals surface area contributed by atoms with Crippen molar-refractivity contribution in [2.24, 2.45) is 5.18 Å². The lowest BCUT2D eigenvalue weighted by atomic mass is 10.0. The highest BCUT2D eigenvalue weighted by molar-refractivity contribution is 7.85. The fraction of sp³-hybridized carbons (Fsp3) is 1.00. The molecule has 1 unspecified atom stereocenters. The molecule has 0 aromatic rings. The van der Waals surface area contributed by atoms with Crippen LogP contribution in [0.15, 0.2) is 5.18 Å². The second kappa shape index (κ2) is 16.3. The van der Waals surface area contributed by atoms with Gasteiger partial charge in [-0.1, -0.05) is 89.2 Å². The van der Waals surface area contributed by atoms with Crippen molar-refractivity contribution in [3.05, 3.63) is 4.91 Å². The van der Waals surface area contributed by atoms with E-state index in [4.69, 9.17) is 4.55 Å². The zero-order chi connectivity index (χ0) is 21.3. The number of nitrogens with zero attached hydrogens (tertiary/aromatic N) is 2. The Bertz CT molecular complexity index is 481. The molecule has 0 rings (SSSR count). The van der Waals surface area contributed by atoms with E-state index in [1.165, 1.54) is 77.0 Å². The second-order valence-corrected chi connectivity index (χ2v) is 10.4. The third kappa shape index (κ3) is 18.8. The van der Waals surface area contributed by atoms with Crippen LogP contribution in [0.25, 0.3) is 0 Å². The van der Waals surface area contributed by atoms with Crippen LogP contribution in [0, 0.1) is 4.91 Å². The molecule has 0 aromatic heterocycles. The lowest BCUT2D eigenvalue weighted by Gasteiger charge is -2.31. The van der Waals surface area contributed by atoms with Crippen molar-refractivity contribution >= 4 is 10.1 Å². The van der Waals surface area contributed by atoms with E-state index in [9.17, 15) is 13.3 Å². The molecule has 0 saturated heterocycles. The molecular formula is C21H45N2O4S+. The number of quaternary nitrogens is 1. The quantitative estimate of drug-likeness (QED) is 0.121. The Kier molecular flexibility index (Phi) is 16.0. The molecule has 0 heterocycles. The number of nitroso groups, excluding NO2 is 1. The number of unbranched alkanes of at least 4 members (excludes halogenated alkanes) is 13. The summed E-state index contributed by atoms with van der Waals surface area (Å²) >= 11 is 0. The lowest BCUT2D eigenvalue weighted by molar-refractivity contribution is -0.891. The van der Waals surface area contributed by atoms with Gasteiger partial charge in [-0.25, -0.2) is 0 Å². The van der Waals surface area contributed by atoms with Crippen LogP contribution in [0.3, 0.4) is 0 Å². The molecule has 1 N–H and O–H groups in total. The molecule has 0 aromatic carbocycles. The Morgan fingerprint density at radius 3 is 1.54 bits per heavy atom. The molecule has 7 heteroatoms. The minimum absolute atomic E-state index is 0.335. The van der Waals surface area contributed by atoms with E-state index < -0.39 is 21.9 Å². The molecule has 0 saturated carbocycles. The highest BCUT2D eigenvalue weighted by Crippen LogP contribution is 2.14. The molecule has 0 radical (unpaired) electrons. The summed E-state index contributed by atoms with van der Waals surface area (Å²) in [4.78, 5) is 10.8. The van der Waals surface area contributed by atoms with Gasteiger partial charge in [0.2, 0.25) is 0 Å². The number of rotatable bonds is 20. The monoisotopic (exact) mass is 421 g/mol. The Morgan fingerprint density at radius 2 is 1.18 bits per heavy atom. The molecule has 0 aliphatic rings. The summed E-state index contributed by atoms with van der Waals surface area (Å²) in [5.74, 6) is -0.586. The summed E-state index contributed by atoms with van der Waals surface area (Å²) in [6, 6.07) is -0.892. The summed E-state index contributed by atoms with van der Waals surface area (Å²) < 4.78 is 31.3. The van der Waals surface area contributed by atoms with Crippen molar-refractivity contribution in [3.63, 3.8) is 0 Å². The number of likely N-dealkylation sites (N-methyl/N-ethyl adjacent to an activating group) is 1. The van der Waals surface area contributed by atoms with Gasteiger partial charge in [-0.2, -0.15) is 13.3 Å². The van der Waals surface area contributed by atoms with Gasteiger partial charge in [-0.3, -0.25) is 4.55 Å². The van der Waals surface area contributed by atoms with Crippen LogP contribution in [0.1, 0.15) is 96.8 Å². The van der Waals surface area contributed by atoms with E-state index in [1.54, 1.807) is 0 Å². The predicted molar refractivity (Wildman–Crippen MR) is 118 cm³/mol. The molecule has 0 fully saturated rings. The highest BCUT2D eigenvalue weighted by Gasteiger charge is 2.26. The van der Waals surface area contributed by atoms with E-state index >= 15 is 0 Å². The second-order valence-electron chi connectivity index (χ2n) is 8.95. The molecule has 6 nitrogen and oxygen atoms in total. The van der Waals surface area contributed by atoms with Gasteiger partial charge < -0.3 is 4.48 Å². The summed E-state index contributed by atoms with van der Waals surface area (Å²) in [7, 11) is -0.208. The molecular weight excluding hydrogens is 376 g/mol.